The van der Waals surface area contributed by atoms with Gasteiger partial charge in [0.1, 0.15) is 23.0 Å². The van der Waals surface area contributed by atoms with Gasteiger partial charge >= 0.3 is 17.9 Å². The van der Waals surface area contributed by atoms with E-state index in [9.17, 15) is 29.7 Å². The standard InChI is InChI=1S/C56H81NO10/c1-2-3-4-15-20-27-41(58)28-25-26-37-57-49-40-48-54(55(65)67-56(48)46-35-33-42(59)38-50(46)66-51-39-43(60)34-36-47(51)56)45(30-22-17-12-8-6-10-14-19-24-32-53(63)64)44(49)29-21-16-11-7-5-9-13-18-23-31-52(61)62/h33-36,38-41,57-60H,2-32,37H2,1H3,(H,61,62)(H,63,64). The second kappa shape index (κ2) is 28.5. The van der Waals surface area contributed by atoms with Gasteiger partial charge in [-0.15, -0.1) is 0 Å². The number of hydrogen-bond acceptors (Lipinski definition) is 9. The molecule has 5 rings (SSSR count). The number of carboxylic acids is 2. The minimum absolute atomic E-state index is 0.0102. The SMILES string of the molecule is CCCCCCCC(O)CCCCNc1cc2c(c(CCCCCCCCCCCC(=O)O)c1CCCCCCCCCCCC(=O)O)C(=O)OC21c2ccc(O)cc2Oc2cc(O)ccc21. The molecule has 0 fully saturated rings. The molecule has 0 saturated carbocycles. The zero-order valence-corrected chi connectivity index (χ0v) is 40.5. The predicted molar refractivity (Wildman–Crippen MR) is 265 cm³/mol. The van der Waals surface area contributed by atoms with Crippen molar-refractivity contribution < 1.29 is 49.4 Å². The third kappa shape index (κ3) is 16.2. The van der Waals surface area contributed by atoms with E-state index in [1.807, 2.05) is 0 Å². The smallest absolute Gasteiger partial charge is 0.340 e. The Kier molecular flexibility index (Phi) is 22.7. The molecular formula is C56H81NO10. The van der Waals surface area contributed by atoms with Gasteiger partial charge in [-0.25, -0.2) is 4.79 Å². The predicted octanol–water partition coefficient (Wildman–Crippen LogP) is 14.0. The number of ether oxygens (including phenoxy) is 2. The van der Waals surface area contributed by atoms with E-state index in [0.717, 1.165) is 176 Å². The van der Waals surface area contributed by atoms with Gasteiger partial charge in [0.15, 0.2) is 5.60 Å². The van der Waals surface area contributed by atoms with Crippen molar-refractivity contribution in [1.82, 2.24) is 0 Å². The number of phenolic OH excluding ortho intramolecular Hbond substituents is 2. The summed E-state index contributed by atoms with van der Waals surface area (Å²) < 4.78 is 13.0. The van der Waals surface area contributed by atoms with Crippen LogP contribution in [0.4, 0.5) is 5.69 Å². The summed E-state index contributed by atoms with van der Waals surface area (Å²) in [5.74, 6) is -1.13. The summed E-state index contributed by atoms with van der Waals surface area (Å²) in [7, 11) is 0. The third-order valence-electron chi connectivity index (χ3n) is 13.8. The number of rotatable bonds is 36. The Morgan fingerprint density at radius 3 is 1.52 bits per heavy atom. The minimum Gasteiger partial charge on any atom is -0.508 e. The van der Waals surface area contributed by atoms with E-state index in [2.05, 4.69) is 18.3 Å². The summed E-state index contributed by atoms with van der Waals surface area (Å²) in [6, 6.07) is 11.9. The number of aliphatic carboxylic acids is 2. The summed E-state index contributed by atoms with van der Waals surface area (Å²) >= 11 is 0. The molecule has 0 aliphatic carbocycles. The van der Waals surface area contributed by atoms with Crippen LogP contribution in [0.15, 0.2) is 42.5 Å². The molecule has 0 aromatic heterocycles. The van der Waals surface area contributed by atoms with Crippen LogP contribution in [0.5, 0.6) is 23.0 Å². The molecule has 67 heavy (non-hydrogen) atoms. The van der Waals surface area contributed by atoms with Crippen molar-refractivity contribution in [1.29, 1.82) is 0 Å². The quantitative estimate of drug-likeness (QED) is 0.0241. The highest BCUT2D eigenvalue weighted by molar-refractivity contribution is 6.00. The summed E-state index contributed by atoms with van der Waals surface area (Å²) in [6.07, 6.45) is 29.3. The molecule has 11 heteroatoms. The van der Waals surface area contributed by atoms with Crippen LogP contribution in [0.25, 0.3) is 0 Å². The number of hydrogen-bond donors (Lipinski definition) is 6. The van der Waals surface area contributed by atoms with Gasteiger partial charge in [0.05, 0.1) is 11.7 Å². The Labute approximate surface area is 400 Å². The number of aliphatic hydroxyl groups is 1. The minimum atomic E-state index is -1.38. The number of nitrogens with one attached hydrogen (secondary N) is 1. The fraction of sp³-hybridized carbons (Fsp3) is 0.625. The number of aromatic hydroxyl groups is 2. The van der Waals surface area contributed by atoms with E-state index < -0.39 is 23.5 Å². The van der Waals surface area contributed by atoms with E-state index in [-0.39, 0.29) is 30.4 Å². The van der Waals surface area contributed by atoms with Crippen molar-refractivity contribution in [2.75, 3.05) is 11.9 Å². The second-order valence-corrected chi connectivity index (χ2v) is 19.3. The van der Waals surface area contributed by atoms with Crippen molar-refractivity contribution >= 4 is 23.6 Å². The van der Waals surface area contributed by atoms with Crippen LogP contribution in [0.3, 0.4) is 0 Å². The lowest BCUT2D eigenvalue weighted by Crippen LogP contribution is -2.33. The molecule has 0 saturated heterocycles. The molecule has 2 heterocycles. The summed E-state index contributed by atoms with van der Waals surface area (Å²) in [4.78, 5) is 36.4. The highest BCUT2D eigenvalue weighted by Gasteiger charge is 2.55. The number of carboxylic acid groups (broad SMARTS) is 2. The first kappa shape index (κ1) is 53.2. The Morgan fingerprint density at radius 2 is 1.01 bits per heavy atom. The Hall–Kier alpha value is -4.77. The molecule has 0 bridgehead atoms. The first-order valence-electron chi connectivity index (χ1n) is 26.2. The molecule has 1 atom stereocenters. The van der Waals surface area contributed by atoms with Gasteiger partial charge in [-0.2, -0.15) is 0 Å². The Morgan fingerprint density at radius 1 is 0.567 bits per heavy atom. The van der Waals surface area contributed by atoms with E-state index in [1.165, 1.54) is 37.8 Å². The topological polar surface area (TPSA) is 183 Å². The van der Waals surface area contributed by atoms with Crippen molar-refractivity contribution in [3.63, 3.8) is 0 Å². The first-order valence-corrected chi connectivity index (χ1v) is 26.2. The second-order valence-electron chi connectivity index (χ2n) is 19.3. The fourth-order valence-corrected chi connectivity index (χ4v) is 10.2. The van der Waals surface area contributed by atoms with Crippen LogP contribution in [-0.2, 0) is 32.8 Å². The lowest BCUT2D eigenvalue weighted by molar-refractivity contribution is -0.138. The molecule has 370 valence electrons. The molecule has 1 spiro atoms. The normalized spacial score (nSPS) is 13.7. The average Bonchev–Trinajstić information content (AvgIpc) is 3.58. The van der Waals surface area contributed by atoms with Gasteiger partial charge in [0.2, 0.25) is 0 Å². The monoisotopic (exact) mass is 928 g/mol. The summed E-state index contributed by atoms with van der Waals surface area (Å²) in [5, 5.41) is 53.7. The largest absolute Gasteiger partial charge is 0.508 e. The molecule has 11 nitrogen and oxygen atoms in total. The average molecular weight is 928 g/mol. The maximum Gasteiger partial charge on any atom is 0.340 e. The highest BCUT2D eigenvalue weighted by atomic mass is 16.6. The zero-order chi connectivity index (χ0) is 47.9. The number of aliphatic hydroxyl groups excluding tert-OH is 1. The number of unbranched alkanes of at least 4 members (excludes halogenated alkanes) is 21. The van der Waals surface area contributed by atoms with E-state index in [4.69, 9.17) is 19.7 Å². The van der Waals surface area contributed by atoms with Crippen LogP contribution in [0.1, 0.15) is 231 Å². The molecule has 3 aromatic carbocycles. The molecule has 0 amide bonds. The highest BCUT2D eigenvalue weighted by Crippen LogP contribution is 2.58. The van der Waals surface area contributed by atoms with Crippen LogP contribution < -0.4 is 10.1 Å². The van der Waals surface area contributed by atoms with Gasteiger partial charge in [0.25, 0.3) is 0 Å². The molecule has 2 aliphatic rings. The van der Waals surface area contributed by atoms with Crippen LogP contribution in [0, 0.1) is 0 Å². The van der Waals surface area contributed by atoms with E-state index in [0.29, 0.717) is 41.2 Å². The number of anilines is 1. The lowest BCUT2D eigenvalue weighted by atomic mass is 9.75. The van der Waals surface area contributed by atoms with E-state index >= 15 is 0 Å². The summed E-state index contributed by atoms with van der Waals surface area (Å²) in [5.41, 5.74) is 4.31. The fourth-order valence-electron chi connectivity index (χ4n) is 10.2. The maximum atomic E-state index is 14.7. The first-order chi connectivity index (χ1) is 32.5. The van der Waals surface area contributed by atoms with Gasteiger partial charge in [0, 0.05) is 53.9 Å². The van der Waals surface area contributed by atoms with Crippen molar-refractivity contribution in [3.8, 4) is 23.0 Å². The Bertz CT molecular complexity index is 1960. The third-order valence-corrected chi connectivity index (χ3v) is 13.8. The lowest BCUT2D eigenvalue weighted by Gasteiger charge is -2.37. The maximum absolute atomic E-state index is 14.7. The van der Waals surface area contributed by atoms with Gasteiger partial charge in [-0.3, -0.25) is 9.59 Å². The van der Waals surface area contributed by atoms with Crippen LogP contribution in [0.2, 0.25) is 0 Å². The Balaban J connectivity index is 1.39. The van der Waals surface area contributed by atoms with E-state index in [1.54, 1.807) is 24.3 Å². The molecule has 0 radical (unpaired) electrons. The van der Waals surface area contributed by atoms with Crippen molar-refractivity contribution in [3.05, 3.63) is 75.8 Å². The van der Waals surface area contributed by atoms with Crippen molar-refractivity contribution in [2.45, 2.75) is 218 Å². The molecule has 6 N–H and O–H groups in total. The van der Waals surface area contributed by atoms with Crippen LogP contribution in [-0.4, -0.2) is 56.1 Å². The van der Waals surface area contributed by atoms with Gasteiger partial charge in [-0.1, -0.05) is 129 Å². The number of esters is 1. The van der Waals surface area contributed by atoms with Crippen LogP contribution >= 0.6 is 0 Å². The number of benzene rings is 3. The summed E-state index contributed by atoms with van der Waals surface area (Å²) in [6.45, 7) is 2.92. The molecular weight excluding hydrogens is 847 g/mol. The zero-order valence-electron chi connectivity index (χ0n) is 40.5. The number of phenols is 2. The number of carbonyl (C=O) groups excluding carboxylic acids is 1. The number of fused-ring (bicyclic) bond motifs is 6. The van der Waals surface area contributed by atoms with Gasteiger partial charge in [-0.05, 0) is 106 Å². The number of carbonyl (C=O) groups is 3. The molecule has 3 aromatic rings. The van der Waals surface area contributed by atoms with Gasteiger partial charge < -0.3 is 40.3 Å². The molecule has 2 aliphatic heterocycles. The molecule has 1 unspecified atom stereocenters. The van der Waals surface area contributed by atoms with Crippen molar-refractivity contribution in [2.24, 2.45) is 0 Å².